The molecule has 1 aliphatic heterocycles. The summed E-state index contributed by atoms with van der Waals surface area (Å²) in [6.45, 7) is 1.36. The molecule has 0 saturated heterocycles. The molecule has 1 aromatic heterocycles. The van der Waals surface area contributed by atoms with Gasteiger partial charge in [0.25, 0.3) is 5.56 Å². The SMILES string of the molecule is CC(=O)N1N=C(c2c(O)n(C)c(=O)[nH]c2=O)C[C@@H]1c1ccc(Cl)cc1. The van der Waals surface area contributed by atoms with E-state index in [0.29, 0.717) is 5.02 Å². The summed E-state index contributed by atoms with van der Waals surface area (Å²) in [5, 5.41) is 16.2. The van der Waals surface area contributed by atoms with E-state index in [0.717, 1.165) is 10.1 Å². The van der Waals surface area contributed by atoms with Gasteiger partial charge in [0, 0.05) is 25.4 Å². The third-order valence-electron chi connectivity index (χ3n) is 4.07. The van der Waals surface area contributed by atoms with Crippen molar-refractivity contribution in [2.45, 2.75) is 19.4 Å². The van der Waals surface area contributed by atoms with Gasteiger partial charge >= 0.3 is 5.69 Å². The van der Waals surface area contributed by atoms with Crippen molar-refractivity contribution in [3.8, 4) is 5.88 Å². The average molecular weight is 363 g/mol. The van der Waals surface area contributed by atoms with Crippen LogP contribution in [0.25, 0.3) is 0 Å². The summed E-state index contributed by atoms with van der Waals surface area (Å²) in [5.74, 6) is -0.802. The van der Waals surface area contributed by atoms with Gasteiger partial charge in [-0.05, 0) is 17.7 Å². The van der Waals surface area contributed by atoms with E-state index < -0.39 is 23.2 Å². The smallest absolute Gasteiger partial charge is 0.330 e. The number of aromatic nitrogens is 2. The lowest BCUT2D eigenvalue weighted by Crippen LogP contribution is -2.32. The van der Waals surface area contributed by atoms with Crippen LogP contribution in [0.4, 0.5) is 0 Å². The van der Waals surface area contributed by atoms with Gasteiger partial charge in [0.2, 0.25) is 11.8 Å². The predicted molar refractivity (Wildman–Crippen MR) is 91.8 cm³/mol. The molecule has 2 aromatic rings. The Morgan fingerprint density at radius 3 is 2.56 bits per heavy atom. The van der Waals surface area contributed by atoms with Crippen LogP contribution < -0.4 is 11.2 Å². The van der Waals surface area contributed by atoms with Crippen molar-refractivity contribution in [3.05, 3.63) is 61.3 Å². The van der Waals surface area contributed by atoms with Gasteiger partial charge in [0.15, 0.2) is 0 Å². The van der Waals surface area contributed by atoms with E-state index in [1.165, 1.54) is 19.0 Å². The Hall–Kier alpha value is -2.87. The lowest BCUT2D eigenvalue weighted by molar-refractivity contribution is -0.130. The Morgan fingerprint density at radius 1 is 1.32 bits per heavy atom. The molecule has 1 aliphatic rings. The lowest BCUT2D eigenvalue weighted by atomic mass is 9.99. The Bertz CT molecular complexity index is 991. The second-order valence-electron chi connectivity index (χ2n) is 5.70. The van der Waals surface area contributed by atoms with Crippen molar-refractivity contribution in [1.29, 1.82) is 0 Å². The predicted octanol–water partition coefficient (Wildman–Crippen LogP) is 1.13. The van der Waals surface area contributed by atoms with E-state index in [1.807, 2.05) is 0 Å². The summed E-state index contributed by atoms with van der Waals surface area (Å²) in [4.78, 5) is 37.8. The van der Waals surface area contributed by atoms with Crippen LogP contribution in [0.5, 0.6) is 5.88 Å². The van der Waals surface area contributed by atoms with Crippen LogP contribution in [0.1, 0.15) is 30.5 Å². The standard InChI is InChI=1S/C16H15ClN4O4/c1-8(22)21-12(9-3-5-10(17)6-4-9)7-11(19-21)13-14(23)18-16(25)20(2)15(13)24/h3-6,12,24H,7H2,1-2H3,(H,18,23,25)/t12-/m1/s1. The van der Waals surface area contributed by atoms with Crippen molar-refractivity contribution >= 4 is 23.2 Å². The number of carbonyl (C=O) groups excluding carboxylic acids is 1. The molecule has 2 heterocycles. The zero-order chi connectivity index (χ0) is 18.3. The number of nitrogens with one attached hydrogen (secondary N) is 1. The molecule has 1 amide bonds. The maximum atomic E-state index is 12.1. The molecule has 2 N–H and O–H groups in total. The fourth-order valence-electron chi connectivity index (χ4n) is 2.77. The molecule has 0 radical (unpaired) electrons. The van der Waals surface area contributed by atoms with E-state index in [9.17, 15) is 19.5 Å². The second kappa shape index (κ2) is 6.21. The molecule has 0 bridgehead atoms. The zero-order valence-electron chi connectivity index (χ0n) is 13.5. The molecule has 0 fully saturated rings. The first-order chi connectivity index (χ1) is 11.8. The molecule has 25 heavy (non-hydrogen) atoms. The first kappa shape index (κ1) is 17.0. The monoisotopic (exact) mass is 362 g/mol. The van der Waals surface area contributed by atoms with Gasteiger partial charge in [-0.1, -0.05) is 23.7 Å². The largest absolute Gasteiger partial charge is 0.494 e. The van der Waals surface area contributed by atoms with Crippen LogP contribution in [-0.2, 0) is 11.8 Å². The number of H-pyrrole nitrogens is 1. The minimum atomic E-state index is -0.750. The fraction of sp³-hybridized carbons (Fsp3) is 0.250. The molecular weight excluding hydrogens is 348 g/mol. The summed E-state index contributed by atoms with van der Waals surface area (Å²) in [7, 11) is 1.33. The van der Waals surface area contributed by atoms with Crippen LogP contribution in [0, 0.1) is 0 Å². The maximum Gasteiger partial charge on any atom is 0.330 e. The number of hydrogen-bond acceptors (Lipinski definition) is 5. The minimum absolute atomic E-state index is 0.121. The van der Waals surface area contributed by atoms with Crippen molar-refractivity contribution in [3.63, 3.8) is 0 Å². The molecule has 9 heteroatoms. The summed E-state index contributed by atoms with van der Waals surface area (Å²) in [6.07, 6.45) is 0.218. The van der Waals surface area contributed by atoms with Gasteiger partial charge in [-0.3, -0.25) is 19.1 Å². The molecule has 0 spiro atoms. The van der Waals surface area contributed by atoms with Crippen LogP contribution in [0.15, 0.2) is 39.0 Å². The van der Waals surface area contributed by atoms with Crippen LogP contribution in [0.2, 0.25) is 5.02 Å². The molecule has 3 rings (SSSR count). The Morgan fingerprint density at radius 2 is 1.96 bits per heavy atom. The maximum absolute atomic E-state index is 12.1. The zero-order valence-corrected chi connectivity index (χ0v) is 14.2. The number of aromatic amines is 1. The van der Waals surface area contributed by atoms with Gasteiger partial charge in [-0.15, -0.1) is 0 Å². The van der Waals surface area contributed by atoms with E-state index in [1.54, 1.807) is 24.3 Å². The van der Waals surface area contributed by atoms with Crippen LogP contribution in [-0.4, -0.2) is 31.3 Å². The fourth-order valence-corrected chi connectivity index (χ4v) is 2.89. The van der Waals surface area contributed by atoms with Gasteiger partial charge in [-0.2, -0.15) is 5.10 Å². The Labute approximate surface area is 147 Å². The highest BCUT2D eigenvalue weighted by atomic mass is 35.5. The van der Waals surface area contributed by atoms with Gasteiger partial charge < -0.3 is 5.11 Å². The lowest BCUT2D eigenvalue weighted by Gasteiger charge is -2.20. The van der Waals surface area contributed by atoms with E-state index in [-0.39, 0.29) is 23.6 Å². The number of halogens is 1. The Kier molecular flexibility index (Phi) is 4.22. The quantitative estimate of drug-likeness (QED) is 0.834. The normalized spacial score (nSPS) is 16.8. The summed E-state index contributed by atoms with van der Waals surface area (Å²) in [6, 6.07) is 6.51. The van der Waals surface area contributed by atoms with Crippen molar-refractivity contribution < 1.29 is 9.90 Å². The van der Waals surface area contributed by atoms with Gasteiger partial charge in [0.05, 0.1) is 11.8 Å². The van der Waals surface area contributed by atoms with Crippen LogP contribution in [0.3, 0.4) is 0 Å². The molecule has 1 aromatic carbocycles. The van der Waals surface area contributed by atoms with E-state index >= 15 is 0 Å². The molecule has 0 saturated carbocycles. The van der Waals surface area contributed by atoms with Crippen molar-refractivity contribution in [1.82, 2.24) is 14.6 Å². The first-order valence-corrected chi connectivity index (χ1v) is 7.82. The molecule has 130 valence electrons. The van der Waals surface area contributed by atoms with E-state index in [2.05, 4.69) is 10.1 Å². The third-order valence-corrected chi connectivity index (χ3v) is 4.32. The topological polar surface area (TPSA) is 108 Å². The summed E-state index contributed by atoms with van der Waals surface area (Å²) >= 11 is 5.90. The summed E-state index contributed by atoms with van der Waals surface area (Å²) in [5.41, 5.74) is -0.587. The van der Waals surface area contributed by atoms with Crippen molar-refractivity contribution in [2.75, 3.05) is 0 Å². The molecule has 1 atom stereocenters. The highest BCUT2D eigenvalue weighted by Gasteiger charge is 2.34. The van der Waals surface area contributed by atoms with Gasteiger partial charge in [-0.25, -0.2) is 9.80 Å². The minimum Gasteiger partial charge on any atom is -0.494 e. The van der Waals surface area contributed by atoms with Gasteiger partial charge in [0.1, 0.15) is 5.56 Å². The van der Waals surface area contributed by atoms with E-state index in [4.69, 9.17) is 11.6 Å². The molecular formula is C16H15ClN4O4. The number of carbonyl (C=O) groups is 1. The molecule has 0 unspecified atom stereocenters. The highest BCUT2D eigenvalue weighted by molar-refractivity contribution is 6.30. The number of amides is 1. The molecule has 0 aliphatic carbocycles. The number of nitrogens with zero attached hydrogens (tertiary/aromatic N) is 3. The number of rotatable bonds is 2. The number of benzene rings is 1. The summed E-state index contributed by atoms with van der Waals surface area (Å²) < 4.78 is 0.910. The first-order valence-electron chi connectivity index (χ1n) is 7.45. The van der Waals surface area contributed by atoms with Crippen LogP contribution >= 0.6 is 11.6 Å². The Balaban J connectivity index is 2.08. The van der Waals surface area contributed by atoms with Crippen molar-refractivity contribution in [2.24, 2.45) is 12.1 Å². The number of hydrogen-bond donors (Lipinski definition) is 2. The highest BCUT2D eigenvalue weighted by Crippen LogP contribution is 2.33. The number of aromatic hydroxyl groups is 1. The third kappa shape index (κ3) is 2.96. The number of hydrazone groups is 1. The second-order valence-corrected chi connectivity index (χ2v) is 6.14. The molecule has 8 nitrogen and oxygen atoms in total. The average Bonchev–Trinajstić information content (AvgIpc) is 2.98.